The second-order valence-electron chi connectivity index (χ2n) is 7.75. The van der Waals surface area contributed by atoms with Crippen molar-refractivity contribution >= 4 is 11.7 Å². The van der Waals surface area contributed by atoms with Crippen LogP contribution in [0.15, 0.2) is 53.7 Å². The van der Waals surface area contributed by atoms with Crippen molar-refractivity contribution in [2.75, 3.05) is 14.2 Å². The number of aryl methyl sites for hydroxylation is 1. The highest BCUT2D eigenvalue weighted by Crippen LogP contribution is 2.44. The summed E-state index contributed by atoms with van der Waals surface area (Å²) in [6.45, 7) is 2.05. The number of ether oxygens (including phenoxy) is 2. The summed E-state index contributed by atoms with van der Waals surface area (Å²) in [7, 11) is 3.17. The number of hydrogen-bond acceptors (Lipinski definition) is 4. The summed E-state index contributed by atoms with van der Waals surface area (Å²) in [6, 6.07) is 13.9. The summed E-state index contributed by atoms with van der Waals surface area (Å²) >= 11 is 0. The van der Waals surface area contributed by atoms with Crippen LogP contribution in [-0.4, -0.2) is 25.9 Å². The van der Waals surface area contributed by atoms with E-state index in [1.807, 2.05) is 25.1 Å². The van der Waals surface area contributed by atoms with Gasteiger partial charge in [0.25, 0.3) is 0 Å². The molecule has 0 saturated carbocycles. The molecular formula is C24H25NO4. The fourth-order valence-corrected chi connectivity index (χ4v) is 4.39. The highest BCUT2D eigenvalue weighted by Gasteiger charge is 2.38. The van der Waals surface area contributed by atoms with Gasteiger partial charge in [-0.1, -0.05) is 35.9 Å². The highest BCUT2D eigenvalue weighted by atomic mass is 16.5. The predicted octanol–water partition coefficient (Wildman–Crippen LogP) is 4.02. The van der Waals surface area contributed by atoms with Gasteiger partial charge in [0, 0.05) is 30.0 Å². The molecule has 2 aliphatic rings. The van der Waals surface area contributed by atoms with E-state index in [1.54, 1.807) is 14.2 Å². The van der Waals surface area contributed by atoms with Crippen molar-refractivity contribution < 1.29 is 19.1 Å². The second-order valence-corrected chi connectivity index (χ2v) is 7.75. The number of amides is 1. The zero-order chi connectivity index (χ0) is 20.5. The van der Waals surface area contributed by atoms with E-state index in [0.29, 0.717) is 24.3 Å². The molecule has 5 heteroatoms. The van der Waals surface area contributed by atoms with Crippen molar-refractivity contribution in [3.05, 3.63) is 70.4 Å². The van der Waals surface area contributed by atoms with Crippen LogP contribution >= 0.6 is 0 Å². The summed E-state index contributed by atoms with van der Waals surface area (Å²) in [5, 5.41) is 2.97. The van der Waals surface area contributed by atoms with Gasteiger partial charge in [-0.05, 0) is 42.5 Å². The molecule has 1 aliphatic carbocycles. The van der Waals surface area contributed by atoms with Gasteiger partial charge < -0.3 is 14.8 Å². The molecule has 0 fully saturated rings. The highest BCUT2D eigenvalue weighted by molar-refractivity contribution is 6.02. The Balaban J connectivity index is 1.71. The van der Waals surface area contributed by atoms with Crippen molar-refractivity contribution in [1.29, 1.82) is 0 Å². The van der Waals surface area contributed by atoms with E-state index in [9.17, 15) is 9.59 Å². The van der Waals surface area contributed by atoms with E-state index >= 15 is 0 Å². The molecule has 2 unspecified atom stereocenters. The molecule has 0 aromatic heterocycles. The quantitative estimate of drug-likeness (QED) is 0.855. The number of ketones is 1. The molecule has 150 valence electrons. The van der Waals surface area contributed by atoms with Gasteiger partial charge in [-0.3, -0.25) is 9.59 Å². The first-order valence-corrected chi connectivity index (χ1v) is 9.84. The predicted molar refractivity (Wildman–Crippen MR) is 110 cm³/mol. The molecule has 0 spiro atoms. The van der Waals surface area contributed by atoms with Crippen molar-refractivity contribution in [3.63, 3.8) is 0 Å². The van der Waals surface area contributed by atoms with Gasteiger partial charge in [-0.2, -0.15) is 0 Å². The topological polar surface area (TPSA) is 64.6 Å². The molecule has 1 heterocycles. The van der Waals surface area contributed by atoms with E-state index in [-0.39, 0.29) is 29.9 Å². The minimum Gasteiger partial charge on any atom is -0.493 e. The molecule has 4 rings (SSSR count). The first-order chi connectivity index (χ1) is 14.0. The van der Waals surface area contributed by atoms with E-state index in [1.165, 1.54) is 5.56 Å². The minimum absolute atomic E-state index is 0.0547. The van der Waals surface area contributed by atoms with Crippen LogP contribution in [0, 0.1) is 6.92 Å². The molecule has 0 radical (unpaired) electrons. The molecule has 2 aromatic carbocycles. The summed E-state index contributed by atoms with van der Waals surface area (Å²) in [4.78, 5) is 25.6. The van der Waals surface area contributed by atoms with Gasteiger partial charge in [-0.25, -0.2) is 0 Å². The number of carbonyl (C=O) groups excluding carboxylic acids is 2. The Kier molecular flexibility index (Phi) is 5.14. The molecule has 2 aromatic rings. The van der Waals surface area contributed by atoms with Crippen LogP contribution in [0.2, 0.25) is 0 Å². The Bertz CT molecular complexity index is 990. The van der Waals surface area contributed by atoms with Crippen LogP contribution in [-0.2, 0) is 9.59 Å². The Morgan fingerprint density at radius 3 is 2.24 bits per heavy atom. The van der Waals surface area contributed by atoms with Gasteiger partial charge >= 0.3 is 0 Å². The first kappa shape index (κ1) is 19.2. The molecular weight excluding hydrogens is 366 g/mol. The van der Waals surface area contributed by atoms with Crippen LogP contribution in [0.1, 0.15) is 47.8 Å². The number of allylic oxidation sites excluding steroid dienone is 2. The van der Waals surface area contributed by atoms with Gasteiger partial charge in [0.15, 0.2) is 17.3 Å². The Hall–Kier alpha value is -3.08. The number of Topliss-reactive ketones (excluding diaryl/α,β-unsaturated/α-hetero) is 1. The second kappa shape index (κ2) is 7.74. The van der Waals surface area contributed by atoms with E-state index in [2.05, 4.69) is 29.6 Å². The maximum atomic E-state index is 13.2. The van der Waals surface area contributed by atoms with Crippen molar-refractivity contribution in [3.8, 4) is 11.5 Å². The van der Waals surface area contributed by atoms with Crippen LogP contribution in [0.3, 0.4) is 0 Å². The molecule has 5 nitrogen and oxygen atoms in total. The van der Waals surface area contributed by atoms with Crippen LogP contribution in [0.5, 0.6) is 11.5 Å². The van der Waals surface area contributed by atoms with Gasteiger partial charge in [-0.15, -0.1) is 0 Å². The molecule has 1 amide bonds. The molecule has 0 saturated heterocycles. The lowest BCUT2D eigenvalue weighted by molar-refractivity contribution is -0.122. The summed E-state index contributed by atoms with van der Waals surface area (Å²) in [6.07, 6.45) is 1.39. The average Bonchev–Trinajstić information content (AvgIpc) is 2.72. The number of rotatable bonds is 4. The Morgan fingerprint density at radius 1 is 0.862 bits per heavy atom. The first-order valence-electron chi connectivity index (χ1n) is 9.84. The Morgan fingerprint density at radius 2 is 1.55 bits per heavy atom. The Labute approximate surface area is 170 Å². The number of nitrogens with one attached hydrogen (secondary N) is 1. The normalized spacial score (nSPS) is 21.5. The molecule has 1 aliphatic heterocycles. The molecule has 2 atom stereocenters. The largest absolute Gasteiger partial charge is 0.493 e. The monoisotopic (exact) mass is 391 g/mol. The van der Waals surface area contributed by atoms with Gasteiger partial charge in [0.2, 0.25) is 5.91 Å². The summed E-state index contributed by atoms with van der Waals surface area (Å²) < 4.78 is 10.7. The molecule has 1 N–H and O–H groups in total. The standard InChI is InChI=1S/C24H25NO4/c1-14-4-6-15(7-5-14)17-10-19-24(20(26)11-17)18(13-23(27)25-19)16-8-9-21(28-2)22(12-16)29-3/h4-9,12,17-18H,10-11,13H2,1-3H3,(H,25,27). The van der Waals surface area contributed by atoms with Crippen molar-refractivity contribution in [1.82, 2.24) is 5.32 Å². The molecule has 0 bridgehead atoms. The van der Waals surface area contributed by atoms with Crippen LogP contribution in [0.4, 0.5) is 0 Å². The van der Waals surface area contributed by atoms with E-state index < -0.39 is 0 Å². The van der Waals surface area contributed by atoms with Crippen LogP contribution in [0.25, 0.3) is 0 Å². The van der Waals surface area contributed by atoms with E-state index in [0.717, 1.165) is 22.4 Å². The third-order valence-electron chi connectivity index (χ3n) is 5.89. The minimum atomic E-state index is -0.259. The SMILES string of the molecule is COc1ccc(C2CC(=O)NC3=C2C(=O)CC(c2ccc(C)cc2)C3)cc1OC. The smallest absolute Gasteiger partial charge is 0.225 e. The third kappa shape index (κ3) is 3.65. The maximum absolute atomic E-state index is 13.2. The lowest BCUT2D eigenvalue weighted by Crippen LogP contribution is -2.38. The van der Waals surface area contributed by atoms with Gasteiger partial charge in [0.1, 0.15) is 0 Å². The lowest BCUT2D eigenvalue weighted by atomic mass is 9.73. The van der Waals surface area contributed by atoms with E-state index in [4.69, 9.17) is 9.47 Å². The van der Waals surface area contributed by atoms with Crippen molar-refractivity contribution in [2.24, 2.45) is 0 Å². The molecule has 29 heavy (non-hydrogen) atoms. The number of benzene rings is 2. The zero-order valence-corrected chi connectivity index (χ0v) is 17.0. The summed E-state index contributed by atoms with van der Waals surface area (Å²) in [5.41, 5.74) is 4.73. The maximum Gasteiger partial charge on any atom is 0.225 e. The van der Waals surface area contributed by atoms with Gasteiger partial charge in [0.05, 0.1) is 14.2 Å². The van der Waals surface area contributed by atoms with Crippen LogP contribution < -0.4 is 14.8 Å². The number of hydrogen-bond donors (Lipinski definition) is 1. The number of methoxy groups -OCH3 is 2. The fraction of sp³-hybridized carbons (Fsp3) is 0.333. The zero-order valence-electron chi connectivity index (χ0n) is 17.0. The van der Waals surface area contributed by atoms with Crippen molar-refractivity contribution in [2.45, 2.75) is 38.0 Å². The fourth-order valence-electron chi connectivity index (χ4n) is 4.39. The summed E-state index contributed by atoms with van der Waals surface area (Å²) in [5.74, 6) is 1.10. The lowest BCUT2D eigenvalue weighted by Gasteiger charge is -2.34. The average molecular weight is 391 g/mol. The number of carbonyl (C=O) groups is 2. The third-order valence-corrected chi connectivity index (χ3v) is 5.89.